The van der Waals surface area contributed by atoms with Crippen LogP contribution in [0.15, 0.2) is 24.3 Å². The van der Waals surface area contributed by atoms with Crippen LogP contribution in [0.2, 0.25) is 0 Å². The van der Waals surface area contributed by atoms with Crippen LogP contribution in [-0.2, 0) is 4.74 Å². The zero-order valence-electron chi connectivity index (χ0n) is 14.8. The Balaban J connectivity index is 2.39. The van der Waals surface area contributed by atoms with Crippen LogP contribution in [0.1, 0.15) is 69.7 Å². The predicted octanol–water partition coefficient (Wildman–Crippen LogP) is 4.15. The van der Waals surface area contributed by atoms with Crippen molar-refractivity contribution >= 4 is 11.7 Å². The molecule has 0 bridgehead atoms. The highest BCUT2D eigenvalue weighted by Crippen LogP contribution is 2.10. The lowest BCUT2D eigenvalue weighted by atomic mass is 10.0. The zero-order chi connectivity index (χ0) is 17.1. The molecule has 0 radical (unpaired) electrons. The van der Waals surface area contributed by atoms with Crippen molar-refractivity contribution in [3.63, 3.8) is 0 Å². The number of unbranched alkanes of at least 4 members (excludes halogenated alkanes) is 2. The van der Waals surface area contributed by atoms with Crippen molar-refractivity contribution in [2.75, 3.05) is 12.3 Å². The molecule has 0 spiro atoms. The van der Waals surface area contributed by atoms with Gasteiger partial charge in [0.25, 0.3) is 0 Å². The van der Waals surface area contributed by atoms with Crippen molar-refractivity contribution in [3.05, 3.63) is 29.8 Å². The fourth-order valence-corrected chi connectivity index (χ4v) is 2.49. The first kappa shape index (κ1) is 19.5. The minimum absolute atomic E-state index is 0.147. The molecule has 1 atom stereocenters. The fraction of sp³-hybridized carbons (Fsp3) is 0.632. The quantitative estimate of drug-likeness (QED) is 0.475. The molecule has 0 fully saturated rings. The van der Waals surface area contributed by atoms with Crippen molar-refractivity contribution < 1.29 is 9.53 Å². The summed E-state index contributed by atoms with van der Waals surface area (Å²) in [6, 6.07) is 7.34. The highest BCUT2D eigenvalue weighted by atomic mass is 16.5. The topological polar surface area (TPSA) is 64.3 Å². The van der Waals surface area contributed by atoms with Gasteiger partial charge < -0.3 is 15.8 Å². The second kappa shape index (κ2) is 11.1. The number of hydrogen-bond acceptors (Lipinski definition) is 4. The van der Waals surface area contributed by atoms with E-state index in [9.17, 15) is 4.79 Å². The summed E-state index contributed by atoms with van der Waals surface area (Å²) in [7, 11) is 0. The summed E-state index contributed by atoms with van der Waals surface area (Å²) in [4.78, 5) is 12.1. The number of rotatable bonds is 11. The molecule has 4 nitrogen and oxygen atoms in total. The van der Waals surface area contributed by atoms with Gasteiger partial charge in [-0.05, 0) is 44.0 Å². The SMILES string of the molecule is CCCCC(CCCC)NC[C@H](C)OC(=O)c1ccc(N)cc1. The Hall–Kier alpha value is -1.55. The van der Waals surface area contributed by atoms with E-state index in [-0.39, 0.29) is 12.1 Å². The first-order chi connectivity index (χ1) is 11.1. The summed E-state index contributed by atoms with van der Waals surface area (Å²) < 4.78 is 5.49. The molecule has 0 aliphatic rings. The molecule has 0 aromatic heterocycles. The number of nitrogens with one attached hydrogen (secondary N) is 1. The van der Waals surface area contributed by atoms with Crippen LogP contribution < -0.4 is 11.1 Å². The molecule has 0 saturated heterocycles. The average molecular weight is 320 g/mol. The van der Waals surface area contributed by atoms with Crippen LogP contribution in [0.25, 0.3) is 0 Å². The molecule has 1 aromatic carbocycles. The Bertz CT molecular complexity index is 437. The highest BCUT2D eigenvalue weighted by molar-refractivity contribution is 5.89. The lowest BCUT2D eigenvalue weighted by molar-refractivity contribution is 0.0335. The van der Waals surface area contributed by atoms with E-state index < -0.39 is 0 Å². The smallest absolute Gasteiger partial charge is 0.338 e. The van der Waals surface area contributed by atoms with E-state index in [2.05, 4.69) is 19.2 Å². The maximum Gasteiger partial charge on any atom is 0.338 e. The third kappa shape index (κ3) is 8.03. The summed E-state index contributed by atoms with van der Waals surface area (Å²) in [5.41, 5.74) is 6.81. The molecule has 23 heavy (non-hydrogen) atoms. The monoisotopic (exact) mass is 320 g/mol. The first-order valence-corrected chi connectivity index (χ1v) is 8.86. The van der Waals surface area contributed by atoms with Gasteiger partial charge in [0.2, 0.25) is 0 Å². The van der Waals surface area contributed by atoms with E-state index in [0.717, 1.165) is 0 Å². The number of esters is 1. The van der Waals surface area contributed by atoms with Gasteiger partial charge in [0.15, 0.2) is 0 Å². The zero-order valence-corrected chi connectivity index (χ0v) is 14.8. The number of carbonyl (C=O) groups excluding carboxylic acids is 1. The summed E-state index contributed by atoms with van der Waals surface area (Å²) in [6.07, 6.45) is 7.13. The summed E-state index contributed by atoms with van der Waals surface area (Å²) in [6.45, 7) is 7.06. The first-order valence-electron chi connectivity index (χ1n) is 8.86. The van der Waals surface area contributed by atoms with E-state index in [1.165, 1.54) is 38.5 Å². The lowest BCUT2D eigenvalue weighted by Crippen LogP contribution is -2.36. The van der Waals surface area contributed by atoms with E-state index >= 15 is 0 Å². The van der Waals surface area contributed by atoms with Gasteiger partial charge in [0.1, 0.15) is 6.10 Å². The van der Waals surface area contributed by atoms with Gasteiger partial charge in [-0.1, -0.05) is 39.5 Å². The normalized spacial score (nSPS) is 12.3. The lowest BCUT2D eigenvalue weighted by Gasteiger charge is -2.21. The largest absolute Gasteiger partial charge is 0.458 e. The Morgan fingerprint density at radius 3 is 2.22 bits per heavy atom. The van der Waals surface area contributed by atoms with Crippen molar-refractivity contribution in [2.45, 2.75) is 71.4 Å². The molecule has 0 amide bonds. The van der Waals surface area contributed by atoms with Crippen molar-refractivity contribution in [3.8, 4) is 0 Å². The van der Waals surface area contributed by atoms with Crippen LogP contribution in [-0.4, -0.2) is 24.7 Å². The number of anilines is 1. The number of hydrogen-bond donors (Lipinski definition) is 2. The number of nitrogen functional groups attached to an aromatic ring is 1. The molecule has 0 aliphatic heterocycles. The number of ether oxygens (including phenoxy) is 1. The summed E-state index contributed by atoms with van der Waals surface area (Å²) >= 11 is 0. The second-order valence-corrected chi connectivity index (χ2v) is 6.23. The van der Waals surface area contributed by atoms with Gasteiger partial charge in [-0.15, -0.1) is 0 Å². The third-order valence-electron chi connectivity index (χ3n) is 3.96. The standard InChI is InChI=1S/C19H32N2O2/c1-4-6-8-18(9-7-5-2)21-14-15(3)23-19(22)16-10-12-17(20)13-11-16/h10-13,15,18,21H,4-9,14,20H2,1-3H3/t15-/m0/s1. The Morgan fingerprint density at radius 1 is 1.13 bits per heavy atom. The van der Waals surface area contributed by atoms with Gasteiger partial charge in [0, 0.05) is 18.3 Å². The molecule has 3 N–H and O–H groups in total. The van der Waals surface area contributed by atoms with E-state index in [1.54, 1.807) is 24.3 Å². The highest BCUT2D eigenvalue weighted by Gasteiger charge is 2.14. The van der Waals surface area contributed by atoms with Gasteiger partial charge in [0.05, 0.1) is 5.56 Å². The van der Waals surface area contributed by atoms with Crippen LogP contribution in [0.3, 0.4) is 0 Å². The molecule has 0 saturated carbocycles. The van der Waals surface area contributed by atoms with Crippen molar-refractivity contribution in [2.24, 2.45) is 0 Å². The van der Waals surface area contributed by atoms with Crippen LogP contribution in [0.4, 0.5) is 5.69 Å². The third-order valence-corrected chi connectivity index (χ3v) is 3.96. The molecule has 0 heterocycles. The number of nitrogens with two attached hydrogens (primary N) is 1. The Morgan fingerprint density at radius 2 is 1.70 bits per heavy atom. The molecule has 1 aromatic rings. The minimum Gasteiger partial charge on any atom is -0.458 e. The van der Waals surface area contributed by atoms with E-state index in [0.29, 0.717) is 23.8 Å². The molecule has 0 unspecified atom stereocenters. The summed E-state index contributed by atoms with van der Waals surface area (Å²) in [5, 5.41) is 3.56. The van der Waals surface area contributed by atoms with Gasteiger partial charge in [-0.25, -0.2) is 4.79 Å². The Kier molecular flexibility index (Phi) is 9.37. The van der Waals surface area contributed by atoms with Crippen molar-refractivity contribution in [1.29, 1.82) is 0 Å². The maximum atomic E-state index is 12.1. The van der Waals surface area contributed by atoms with Gasteiger partial charge in [-0.2, -0.15) is 0 Å². The van der Waals surface area contributed by atoms with Crippen LogP contribution >= 0.6 is 0 Å². The summed E-state index contributed by atoms with van der Waals surface area (Å²) in [5.74, 6) is -0.294. The Labute approximate surface area is 140 Å². The van der Waals surface area contributed by atoms with Gasteiger partial charge in [-0.3, -0.25) is 0 Å². The van der Waals surface area contributed by atoms with Crippen molar-refractivity contribution in [1.82, 2.24) is 5.32 Å². The number of benzene rings is 1. The van der Waals surface area contributed by atoms with Gasteiger partial charge >= 0.3 is 5.97 Å². The van der Waals surface area contributed by atoms with Crippen LogP contribution in [0.5, 0.6) is 0 Å². The fourth-order valence-electron chi connectivity index (χ4n) is 2.49. The molecular weight excluding hydrogens is 288 g/mol. The molecule has 1 rings (SSSR count). The molecule has 4 heteroatoms. The van der Waals surface area contributed by atoms with E-state index in [1.807, 2.05) is 6.92 Å². The minimum atomic E-state index is -0.294. The number of carbonyl (C=O) groups is 1. The maximum absolute atomic E-state index is 12.1. The van der Waals surface area contributed by atoms with Crippen LogP contribution in [0, 0.1) is 0 Å². The molecular formula is C19H32N2O2. The molecule has 130 valence electrons. The molecule has 0 aliphatic carbocycles. The second-order valence-electron chi connectivity index (χ2n) is 6.23. The predicted molar refractivity (Wildman–Crippen MR) is 96.6 cm³/mol. The van der Waals surface area contributed by atoms with E-state index in [4.69, 9.17) is 10.5 Å². The average Bonchev–Trinajstić information content (AvgIpc) is 2.54.